The molecule has 0 saturated heterocycles. The first kappa shape index (κ1) is 27.7. The second-order valence-corrected chi connectivity index (χ2v) is 10.8. The summed E-state index contributed by atoms with van der Waals surface area (Å²) in [5.41, 5.74) is -0.679. The first-order valence-corrected chi connectivity index (χ1v) is 12.8. The Kier molecular flexibility index (Phi) is 8.84. The van der Waals surface area contributed by atoms with Gasteiger partial charge in [-0.3, -0.25) is 14.4 Å². The Morgan fingerprint density at radius 2 is 1.75 bits per heavy atom. The molecule has 200 valence electrons. The van der Waals surface area contributed by atoms with Gasteiger partial charge in [-0.15, -0.1) is 0 Å². The first-order chi connectivity index (χ1) is 16.9. The van der Waals surface area contributed by atoms with Gasteiger partial charge in [0.05, 0.1) is 30.1 Å². The smallest absolute Gasteiger partial charge is 0.309 e. The minimum absolute atomic E-state index is 0.0273. The summed E-state index contributed by atoms with van der Waals surface area (Å²) in [6.07, 6.45) is 3.65. The Morgan fingerprint density at radius 3 is 2.33 bits per heavy atom. The maximum Gasteiger partial charge on any atom is 0.309 e. The highest BCUT2D eigenvalue weighted by Gasteiger charge is 2.39. The molecule has 0 aromatic heterocycles. The molecule has 0 bridgehead atoms. The summed E-state index contributed by atoms with van der Waals surface area (Å²) in [7, 11) is 1.36. The van der Waals surface area contributed by atoms with Gasteiger partial charge in [0.1, 0.15) is 5.75 Å². The molecular formula is C27H39FN2O6. The van der Waals surface area contributed by atoms with Crippen molar-refractivity contribution in [1.82, 2.24) is 10.6 Å². The predicted molar refractivity (Wildman–Crippen MR) is 133 cm³/mol. The molecule has 0 radical (unpaired) electrons. The fraction of sp³-hybridized carbons (Fsp3) is 0.667. The van der Waals surface area contributed by atoms with E-state index in [1.54, 1.807) is 6.92 Å². The van der Waals surface area contributed by atoms with Crippen LogP contribution < -0.4 is 20.1 Å². The third kappa shape index (κ3) is 6.28. The van der Waals surface area contributed by atoms with Crippen LogP contribution in [0.5, 0.6) is 11.5 Å². The molecule has 3 rings (SSSR count). The fourth-order valence-electron chi connectivity index (χ4n) is 4.90. The molecule has 0 unspecified atom stereocenters. The Labute approximate surface area is 212 Å². The Bertz CT molecular complexity index is 973. The third-order valence-electron chi connectivity index (χ3n) is 7.88. The van der Waals surface area contributed by atoms with Crippen molar-refractivity contribution in [3.8, 4) is 11.5 Å². The van der Waals surface area contributed by atoms with Crippen molar-refractivity contribution in [2.45, 2.75) is 90.8 Å². The minimum atomic E-state index is -0.840. The van der Waals surface area contributed by atoms with Crippen LogP contribution in [-0.4, -0.2) is 48.2 Å². The van der Waals surface area contributed by atoms with Gasteiger partial charge in [0, 0.05) is 18.2 Å². The fourth-order valence-corrected chi connectivity index (χ4v) is 4.90. The summed E-state index contributed by atoms with van der Waals surface area (Å²) in [4.78, 5) is 37.5. The number of hydrogen-bond acceptors (Lipinski definition) is 5. The van der Waals surface area contributed by atoms with Crippen molar-refractivity contribution in [2.75, 3.05) is 7.11 Å². The number of carbonyl (C=O) groups excluding carboxylic acids is 2. The lowest BCUT2D eigenvalue weighted by atomic mass is 9.75. The van der Waals surface area contributed by atoms with Crippen LogP contribution in [0.15, 0.2) is 12.1 Å². The molecule has 2 amide bonds. The van der Waals surface area contributed by atoms with Gasteiger partial charge in [-0.05, 0) is 64.4 Å². The highest BCUT2D eigenvalue weighted by atomic mass is 19.1. The maximum absolute atomic E-state index is 14.8. The molecule has 0 heterocycles. The number of ether oxygens (including phenoxy) is 2. The zero-order chi connectivity index (χ0) is 26.6. The Hall–Kier alpha value is -2.84. The number of amides is 2. The SMILES string of the molecule is COc1cc(F)c(OC2CCC(C)(C(=O)O)CC2)cc1C(=O)N[C@@H]1CCC[C@@H]1C(=O)N[C@H](C)C(C)C. The molecule has 1 aromatic rings. The van der Waals surface area contributed by atoms with Crippen LogP contribution in [0.25, 0.3) is 0 Å². The van der Waals surface area contributed by atoms with Gasteiger partial charge in [0.15, 0.2) is 11.6 Å². The van der Waals surface area contributed by atoms with Crippen LogP contribution in [0.4, 0.5) is 4.39 Å². The van der Waals surface area contributed by atoms with Gasteiger partial charge in [0.2, 0.25) is 5.91 Å². The zero-order valence-corrected chi connectivity index (χ0v) is 21.9. The first-order valence-electron chi connectivity index (χ1n) is 12.8. The van der Waals surface area contributed by atoms with E-state index in [-0.39, 0.29) is 47.1 Å². The molecule has 2 saturated carbocycles. The lowest BCUT2D eigenvalue weighted by molar-refractivity contribution is -0.150. The highest BCUT2D eigenvalue weighted by Crippen LogP contribution is 2.38. The van der Waals surface area contributed by atoms with E-state index in [0.29, 0.717) is 44.4 Å². The van der Waals surface area contributed by atoms with Gasteiger partial charge in [-0.25, -0.2) is 4.39 Å². The summed E-state index contributed by atoms with van der Waals surface area (Å²) >= 11 is 0. The van der Waals surface area contributed by atoms with E-state index in [1.807, 2.05) is 20.8 Å². The molecular weight excluding hydrogens is 467 g/mol. The normalized spacial score (nSPS) is 26.8. The predicted octanol–water partition coefficient (Wildman–Crippen LogP) is 4.31. The molecule has 2 aliphatic rings. The van der Waals surface area contributed by atoms with Crippen molar-refractivity contribution in [3.05, 3.63) is 23.5 Å². The lowest BCUT2D eigenvalue weighted by Crippen LogP contribution is -2.47. The average molecular weight is 507 g/mol. The monoisotopic (exact) mass is 506 g/mol. The van der Waals surface area contributed by atoms with E-state index < -0.39 is 23.1 Å². The molecule has 2 fully saturated rings. The summed E-state index contributed by atoms with van der Waals surface area (Å²) in [5, 5.41) is 15.4. The maximum atomic E-state index is 14.8. The number of nitrogens with one attached hydrogen (secondary N) is 2. The van der Waals surface area contributed by atoms with E-state index in [2.05, 4.69) is 10.6 Å². The number of methoxy groups -OCH3 is 1. The molecule has 9 heteroatoms. The number of carboxylic acids is 1. The second-order valence-electron chi connectivity index (χ2n) is 10.8. The molecule has 1 aromatic carbocycles. The van der Waals surface area contributed by atoms with Crippen molar-refractivity contribution in [1.29, 1.82) is 0 Å². The van der Waals surface area contributed by atoms with Gasteiger partial charge >= 0.3 is 5.97 Å². The van der Waals surface area contributed by atoms with Crippen LogP contribution >= 0.6 is 0 Å². The van der Waals surface area contributed by atoms with Crippen LogP contribution in [0.2, 0.25) is 0 Å². The van der Waals surface area contributed by atoms with Crippen molar-refractivity contribution >= 4 is 17.8 Å². The summed E-state index contributed by atoms with van der Waals surface area (Å²) in [6.45, 7) is 7.75. The Balaban J connectivity index is 1.71. The number of hydrogen-bond donors (Lipinski definition) is 3. The molecule has 0 spiro atoms. The second kappa shape index (κ2) is 11.5. The summed E-state index contributed by atoms with van der Waals surface area (Å²) < 4.78 is 25.9. The van der Waals surface area contributed by atoms with Crippen molar-refractivity contribution < 1.29 is 33.4 Å². The van der Waals surface area contributed by atoms with Crippen LogP contribution in [0.1, 0.15) is 83.0 Å². The minimum Gasteiger partial charge on any atom is -0.496 e. The van der Waals surface area contributed by atoms with Crippen molar-refractivity contribution in [3.63, 3.8) is 0 Å². The van der Waals surface area contributed by atoms with E-state index in [9.17, 15) is 23.9 Å². The Morgan fingerprint density at radius 1 is 1.08 bits per heavy atom. The van der Waals surface area contributed by atoms with Crippen LogP contribution in [0, 0.1) is 23.1 Å². The van der Waals surface area contributed by atoms with Gasteiger partial charge in [-0.1, -0.05) is 20.3 Å². The highest BCUT2D eigenvalue weighted by molar-refractivity contribution is 5.98. The van der Waals surface area contributed by atoms with Gasteiger partial charge in [0.25, 0.3) is 5.91 Å². The number of carboxylic acid groups (broad SMARTS) is 1. The van der Waals surface area contributed by atoms with E-state index in [1.165, 1.54) is 13.2 Å². The topological polar surface area (TPSA) is 114 Å². The zero-order valence-electron chi connectivity index (χ0n) is 21.9. The van der Waals surface area contributed by atoms with Crippen molar-refractivity contribution in [2.24, 2.45) is 17.3 Å². The lowest BCUT2D eigenvalue weighted by Gasteiger charge is -2.34. The standard InChI is InChI=1S/C27H39FN2O6/c1-15(2)16(3)29-24(31)18-7-6-8-21(18)30-25(32)19-13-23(20(28)14-22(19)35-5)36-17-9-11-27(4,12-10-17)26(33)34/h13-18,21H,6-12H2,1-5H3,(H,29,31)(H,30,32)(H,33,34)/t16-,17?,18+,21-,27?/m1/s1. The molecule has 3 atom stereocenters. The van der Waals surface area contributed by atoms with E-state index in [4.69, 9.17) is 9.47 Å². The average Bonchev–Trinajstić information content (AvgIpc) is 3.29. The number of aliphatic carboxylic acids is 1. The molecule has 3 N–H and O–H groups in total. The molecule has 2 aliphatic carbocycles. The summed E-state index contributed by atoms with van der Waals surface area (Å²) in [6, 6.07) is 2.15. The molecule has 0 aliphatic heterocycles. The van der Waals surface area contributed by atoms with Gasteiger partial charge in [-0.2, -0.15) is 0 Å². The van der Waals surface area contributed by atoms with Crippen LogP contribution in [-0.2, 0) is 9.59 Å². The number of carbonyl (C=O) groups is 3. The van der Waals surface area contributed by atoms with Gasteiger partial charge < -0.3 is 25.2 Å². The summed E-state index contributed by atoms with van der Waals surface area (Å²) in [5.74, 6) is -2.05. The number of halogens is 1. The largest absolute Gasteiger partial charge is 0.496 e. The number of benzene rings is 1. The van der Waals surface area contributed by atoms with E-state index >= 15 is 0 Å². The third-order valence-corrected chi connectivity index (χ3v) is 7.88. The quantitative estimate of drug-likeness (QED) is 0.460. The van der Waals surface area contributed by atoms with E-state index in [0.717, 1.165) is 12.5 Å². The number of rotatable bonds is 9. The molecule has 8 nitrogen and oxygen atoms in total. The van der Waals surface area contributed by atoms with Crippen LogP contribution in [0.3, 0.4) is 0 Å². The molecule has 36 heavy (non-hydrogen) atoms.